The normalized spacial score (nSPS) is 22.8. The van der Waals surface area contributed by atoms with Crippen molar-refractivity contribution >= 4 is 40.7 Å². The lowest BCUT2D eigenvalue weighted by Gasteiger charge is -2.30. The molecule has 1 heterocycles. The molecule has 0 aromatic carbocycles. The monoisotopic (exact) mass is 450 g/mol. The van der Waals surface area contributed by atoms with E-state index in [1.807, 2.05) is 25.1 Å². The number of pyridine rings is 1. The summed E-state index contributed by atoms with van der Waals surface area (Å²) in [5, 5.41) is 7.08. The van der Waals surface area contributed by atoms with Crippen LogP contribution < -0.4 is 10.6 Å². The molecule has 1 saturated carbocycles. The topological polar surface area (TPSA) is 66.4 Å². The fraction of sp³-hybridized carbons (Fsp3) is 0.625. The average molecular weight is 450 g/mol. The second kappa shape index (κ2) is 11.0. The number of aliphatic imine (C=N–C) groups is 1. The number of guanidine groups is 1. The minimum absolute atomic E-state index is 0. The lowest BCUT2D eigenvalue weighted by atomic mass is 9.95. The van der Waals surface area contributed by atoms with Gasteiger partial charge in [0.1, 0.15) is 0 Å². The minimum atomic E-state index is -0.695. The number of nitrogens with one attached hydrogen (secondary N) is 2. The van der Waals surface area contributed by atoms with E-state index in [-0.39, 0.29) is 24.0 Å². The van der Waals surface area contributed by atoms with Gasteiger partial charge in [0.25, 0.3) is 0 Å². The van der Waals surface area contributed by atoms with Crippen LogP contribution in [0.2, 0.25) is 0 Å². The van der Waals surface area contributed by atoms with Crippen molar-refractivity contribution < 1.29 is 4.21 Å². The highest BCUT2D eigenvalue weighted by molar-refractivity contribution is 14.0. The summed E-state index contributed by atoms with van der Waals surface area (Å²) in [4.78, 5) is 8.57. The van der Waals surface area contributed by atoms with Crippen LogP contribution in [0.1, 0.15) is 38.3 Å². The Labute approximate surface area is 158 Å². The first-order valence-corrected chi connectivity index (χ1v) is 9.35. The molecule has 0 saturated heterocycles. The highest BCUT2D eigenvalue weighted by Gasteiger charge is 2.25. The zero-order valence-electron chi connectivity index (χ0n) is 13.8. The fourth-order valence-electron chi connectivity index (χ4n) is 2.82. The average Bonchev–Trinajstić information content (AvgIpc) is 2.59. The maximum absolute atomic E-state index is 12.0. The van der Waals surface area contributed by atoms with Gasteiger partial charge in [0.15, 0.2) is 5.96 Å². The molecular weight excluding hydrogens is 423 g/mol. The number of halogens is 1. The van der Waals surface area contributed by atoms with Gasteiger partial charge in [0.2, 0.25) is 0 Å². The third kappa shape index (κ3) is 6.74. The molecule has 3 unspecified atom stereocenters. The minimum Gasteiger partial charge on any atom is -0.354 e. The molecular formula is C16H27IN4OS. The van der Waals surface area contributed by atoms with Crippen molar-refractivity contribution in [3.8, 4) is 0 Å². The Balaban J connectivity index is 0.00000264. The van der Waals surface area contributed by atoms with Gasteiger partial charge in [0.05, 0.1) is 12.2 Å². The highest BCUT2D eigenvalue weighted by Crippen LogP contribution is 2.22. The van der Waals surface area contributed by atoms with Gasteiger partial charge >= 0.3 is 0 Å². The molecule has 23 heavy (non-hydrogen) atoms. The zero-order chi connectivity index (χ0) is 15.8. The Hall–Kier alpha value is -0.700. The molecule has 0 bridgehead atoms. The van der Waals surface area contributed by atoms with Crippen molar-refractivity contribution in [3.63, 3.8) is 0 Å². The number of nitrogens with zero attached hydrogens (tertiary/aromatic N) is 2. The molecule has 2 rings (SSSR count). The Morgan fingerprint density at radius 3 is 2.91 bits per heavy atom. The molecule has 1 fully saturated rings. The lowest BCUT2D eigenvalue weighted by molar-refractivity contribution is 0.413. The van der Waals surface area contributed by atoms with E-state index >= 15 is 0 Å². The fourth-order valence-corrected chi connectivity index (χ4v) is 4.16. The quantitative estimate of drug-likeness (QED) is 0.411. The van der Waals surface area contributed by atoms with Gasteiger partial charge in [0, 0.05) is 41.1 Å². The van der Waals surface area contributed by atoms with Crippen LogP contribution in [0.15, 0.2) is 29.4 Å². The van der Waals surface area contributed by atoms with Crippen molar-refractivity contribution in [3.05, 3.63) is 30.1 Å². The lowest BCUT2D eigenvalue weighted by Crippen LogP contribution is -2.46. The van der Waals surface area contributed by atoms with Crippen LogP contribution in [0.4, 0.5) is 0 Å². The number of rotatable bonds is 5. The molecule has 1 aromatic rings. The molecule has 3 atom stereocenters. The first-order valence-electron chi connectivity index (χ1n) is 7.97. The molecule has 1 aliphatic rings. The third-order valence-electron chi connectivity index (χ3n) is 4.01. The van der Waals surface area contributed by atoms with Crippen LogP contribution in [-0.2, 0) is 17.3 Å². The van der Waals surface area contributed by atoms with E-state index in [4.69, 9.17) is 0 Å². The summed E-state index contributed by atoms with van der Waals surface area (Å²) < 4.78 is 12.0. The van der Waals surface area contributed by atoms with Crippen molar-refractivity contribution in [2.75, 3.05) is 12.8 Å². The maximum atomic E-state index is 12.0. The predicted molar refractivity (Wildman–Crippen MR) is 108 cm³/mol. The Kier molecular flexibility index (Phi) is 9.69. The molecule has 130 valence electrons. The van der Waals surface area contributed by atoms with E-state index in [9.17, 15) is 4.21 Å². The maximum Gasteiger partial charge on any atom is 0.191 e. The summed E-state index contributed by atoms with van der Waals surface area (Å²) in [5.74, 6) is 1.54. The zero-order valence-corrected chi connectivity index (χ0v) is 17.0. The summed E-state index contributed by atoms with van der Waals surface area (Å²) in [6, 6.07) is 6.23. The van der Waals surface area contributed by atoms with Crippen LogP contribution in [0.3, 0.4) is 0 Å². The Bertz CT molecular complexity index is 512. The van der Waals surface area contributed by atoms with Gasteiger partial charge in [-0.25, -0.2) is 0 Å². The van der Waals surface area contributed by atoms with Gasteiger partial charge in [-0.3, -0.25) is 14.2 Å². The van der Waals surface area contributed by atoms with Crippen LogP contribution >= 0.6 is 24.0 Å². The molecule has 0 amide bonds. The van der Waals surface area contributed by atoms with Gasteiger partial charge in [-0.05, 0) is 31.4 Å². The summed E-state index contributed by atoms with van der Waals surface area (Å²) in [6.07, 6.45) is 6.08. The first-order chi connectivity index (χ1) is 10.7. The Morgan fingerprint density at radius 1 is 1.43 bits per heavy atom. The number of aromatic nitrogens is 1. The van der Waals surface area contributed by atoms with Crippen molar-refractivity contribution in [2.45, 2.75) is 50.4 Å². The van der Waals surface area contributed by atoms with E-state index in [0.29, 0.717) is 17.8 Å². The number of hydrogen-bond acceptors (Lipinski definition) is 3. The smallest absolute Gasteiger partial charge is 0.191 e. The SMILES string of the molecule is CCS(=O)C1CCCC(NC(=NC)NCc2ccccn2)C1.I. The molecule has 5 nitrogen and oxygen atoms in total. The van der Waals surface area contributed by atoms with Gasteiger partial charge in [-0.2, -0.15) is 0 Å². The van der Waals surface area contributed by atoms with Crippen LogP contribution in [0, 0.1) is 0 Å². The van der Waals surface area contributed by atoms with Crippen LogP contribution in [-0.4, -0.2) is 39.2 Å². The summed E-state index contributed by atoms with van der Waals surface area (Å²) >= 11 is 0. The van der Waals surface area contributed by atoms with Crippen molar-refractivity contribution in [2.24, 2.45) is 4.99 Å². The molecule has 7 heteroatoms. The first kappa shape index (κ1) is 20.3. The molecule has 0 aliphatic heterocycles. The summed E-state index contributed by atoms with van der Waals surface area (Å²) in [7, 11) is 1.08. The van der Waals surface area contributed by atoms with Crippen LogP contribution in [0.25, 0.3) is 0 Å². The van der Waals surface area contributed by atoms with Crippen molar-refractivity contribution in [1.82, 2.24) is 15.6 Å². The van der Waals surface area contributed by atoms with Gasteiger partial charge < -0.3 is 10.6 Å². The largest absolute Gasteiger partial charge is 0.354 e. The Morgan fingerprint density at radius 2 is 2.26 bits per heavy atom. The second-order valence-electron chi connectivity index (χ2n) is 5.55. The van der Waals surface area contributed by atoms with E-state index in [1.165, 1.54) is 0 Å². The van der Waals surface area contributed by atoms with E-state index in [2.05, 4.69) is 20.6 Å². The highest BCUT2D eigenvalue weighted by atomic mass is 127. The van der Waals surface area contributed by atoms with Crippen molar-refractivity contribution in [1.29, 1.82) is 0 Å². The van der Waals surface area contributed by atoms with Gasteiger partial charge in [-0.1, -0.05) is 19.4 Å². The summed E-state index contributed by atoms with van der Waals surface area (Å²) in [5.41, 5.74) is 0.985. The second-order valence-corrected chi connectivity index (χ2v) is 7.55. The molecule has 2 N–H and O–H groups in total. The number of hydrogen-bond donors (Lipinski definition) is 2. The molecule has 0 radical (unpaired) electrons. The van der Waals surface area contributed by atoms with Crippen LogP contribution in [0.5, 0.6) is 0 Å². The molecule has 1 aliphatic carbocycles. The van der Waals surface area contributed by atoms with E-state index in [0.717, 1.165) is 43.1 Å². The van der Waals surface area contributed by atoms with Gasteiger partial charge in [-0.15, -0.1) is 24.0 Å². The third-order valence-corrected chi connectivity index (χ3v) is 5.75. The standard InChI is InChI=1S/C16H26N4OS.HI/c1-3-22(21)15-9-6-8-13(11-15)20-16(17-2)19-12-14-7-4-5-10-18-14;/h4-5,7,10,13,15H,3,6,8-9,11-12H2,1-2H3,(H2,17,19,20);1H. The molecule has 1 aromatic heterocycles. The van der Waals surface area contributed by atoms with E-state index in [1.54, 1.807) is 13.2 Å². The predicted octanol–water partition coefficient (Wildman–Crippen LogP) is 2.44. The van der Waals surface area contributed by atoms with E-state index < -0.39 is 10.8 Å². The molecule has 0 spiro atoms. The summed E-state index contributed by atoms with van der Waals surface area (Å²) in [6.45, 7) is 2.65.